The highest BCUT2D eigenvalue weighted by atomic mass is 19.1. The van der Waals surface area contributed by atoms with Gasteiger partial charge in [-0.2, -0.15) is 0 Å². The normalized spacial score (nSPS) is 17.8. The van der Waals surface area contributed by atoms with Crippen molar-refractivity contribution >= 4 is 16.9 Å². The molecule has 1 amide bonds. The molecule has 4 aromatic rings. The van der Waals surface area contributed by atoms with Crippen LogP contribution in [0.5, 0.6) is 5.75 Å². The molecule has 8 nitrogen and oxygen atoms in total. The lowest BCUT2D eigenvalue weighted by Gasteiger charge is -2.42. The van der Waals surface area contributed by atoms with Crippen molar-refractivity contribution in [2.45, 2.75) is 44.8 Å². The Bertz CT molecular complexity index is 1660. The van der Waals surface area contributed by atoms with E-state index in [2.05, 4.69) is 27.1 Å². The third-order valence-electron chi connectivity index (χ3n) is 9.30. The minimum Gasteiger partial charge on any atom is -0.408 e. The first-order chi connectivity index (χ1) is 21.9. The molecule has 1 aromatic heterocycles. The topological polar surface area (TPSA) is 70.1 Å². The molecule has 0 bridgehead atoms. The summed E-state index contributed by atoms with van der Waals surface area (Å²) in [6.45, 7) is 8.19. The van der Waals surface area contributed by atoms with Crippen molar-refractivity contribution in [3.05, 3.63) is 106 Å². The Morgan fingerprint density at radius 3 is 2.20 bits per heavy atom. The van der Waals surface area contributed by atoms with Crippen LogP contribution < -0.4 is 15.6 Å². The number of amides is 1. The van der Waals surface area contributed by atoms with E-state index < -0.39 is 6.09 Å². The number of fused-ring (bicyclic) bond motifs is 1. The molecule has 1 N–H and O–H groups in total. The quantitative estimate of drug-likeness (QED) is 0.281. The Labute approximate surface area is 264 Å². The largest absolute Gasteiger partial charge is 0.413 e. The molecule has 3 aromatic carbocycles. The molecule has 0 spiro atoms. The number of pyridine rings is 1. The molecule has 9 heteroatoms. The maximum atomic E-state index is 14.1. The van der Waals surface area contributed by atoms with E-state index in [1.165, 1.54) is 25.0 Å². The van der Waals surface area contributed by atoms with E-state index in [0.29, 0.717) is 46.9 Å². The van der Waals surface area contributed by atoms with E-state index in [1.54, 1.807) is 28.8 Å². The maximum absolute atomic E-state index is 14.1. The number of likely N-dealkylation sites (tertiary alicyclic amines) is 1. The van der Waals surface area contributed by atoms with E-state index in [-0.39, 0.29) is 17.4 Å². The second-order valence-electron chi connectivity index (χ2n) is 12.2. The van der Waals surface area contributed by atoms with Gasteiger partial charge in [0.2, 0.25) is 0 Å². The summed E-state index contributed by atoms with van der Waals surface area (Å²) in [6, 6.07) is 23.3. The summed E-state index contributed by atoms with van der Waals surface area (Å²) in [4.78, 5) is 35.0. The fraction of sp³-hybridized carbons (Fsp3) is 0.389. The minimum absolute atomic E-state index is 0.232. The number of hydrogen-bond acceptors (Lipinski definition) is 6. The lowest BCUT2D eigenvalue weighted by atomic mass is 10.0. The van der Waals surface area contributed by atoms with E-state index >= 15 is 0 Å². The van der Waals surface area contributed by atoms with Gasteiger partial charge in [0.25, 0.3) is 5.56 Å². The summed E-state index contributed by atoms with van der Waals surface area (Å²) in [7, 11) is 2.18. The van der Waals surface area contributed by atoms with Crippen LogP contribution in [0, 0.1) is 5.82 Å². The molecule has 1 atom stereocenters. The Morgan fingerprint density at radius 2 is 1.53 bits per heavy atom. The Kier molecular flexibility index (Phi) is 9.59. The van der Waals surface area contributed by atoms with Gasteiger partial charge in [-0.25, -0.2) is 9.18 Å². The molecule has 0 radical (unpaired) electrons. The zero-order chi connectivity index (χ0) is 31.3. The van der Waals surface area contributed by atoms with Gasteiger partial charge in [0.1, 0.15) is 5.82 Å². The van der Waals surface area contributed by atoms with Gasteiger partial charge in [0.05, 0.1) is 17.1 Å². The third-order valence-corrected chi connectivity index (χ3v) is 9.30. The van der Waals surface area contributed by atoms with Crippen LogP contribution in [0.2, 0.25) is 0 Å². The van der Waals surface area contributed by atoms with E-state index in [9.17, 15) is 14.0 Å². The van der Waals surface area contributed by atoms with Crippen LogP contribution in [-0.2, 0) is 6.54 Å². The van der Waals surface area contributed by atoms with Crippen molar-refractivity contribution < 1.29 is 13.9 Å². The first-order valence-electron chi connectivity index (χ1n) is 16.0. The van der Waals surface area contributed by atoms with Gasteiger partial charge in [0.15, 0.2) is 5.75 Å². The Hall–Kier alpha value is -4.05. The van der Waals surface area contributed by atoms with Gasteiger partial charge in [-0.3, -0.25) is 19.2 Å². The Balaban J connectivity index is 1.35. The number of nitrogens with one attached hydrogen (secondary N) is 1. The molecule has 45 heavy (non-hydrogen) atoms. The predicted octanol–water partition coefficient (Wildman–Crippen LogP) is 5.58. The molecule has 6 rings (SSSR count). The minimum atomic E-state index is -0.589. The molecule has 0 unspecified atom stereocenters. The number of piperazine rings is 1. The highest BCUT2D eigenvalue weighted by Crippen LogP contribution is 2.32. The number of carbonyl (C=O) groups excluding carboxylic acids is 1. The standard InChI is InChI=1S/C36H42FN5O3/c1-3-32(26-9-5-4-6-10-26)38-36(44)45-34-30-11-7-8-12-31(30)35(43)42(29-15-13-27(37)14-16-29)33(34)25-40-21-23-41(24-22-40)28-17-19-39(2)20-18-28/h4-16,28,32H,3,17-25H2,1-2H3,(H,38,44)/t32-/m0/s1. The van der Waals surface area contributed by atoms with Crippen molar-refractivity contribution in [1.29, 1.82) is 0 Å². The summed E-state index contributed by atoms with van der Waals surface area (Å²) < 4.78 is 21.8. The summed E-state index contributed by atoms with van der Waals surface area (Å²) in [5.41, 5.74) is 1.84. The molecular formula is C36H42FN5O3. The average Bonchev–Trinajstić information content (AvgIpc) is 3.07. The molecule has 2 saturated heterocycles. The van der Waals surface area contributed by atoms with E-state index in [0.717, 1.165) is 44.8 Å². The lowest BCUT2D eigenvalue weighted by molar-refractivity contribution is 0.0608. The number of carbonyl (C=O) groups is 1. The summed E-state index contributed by atoms with van der Waals surface area (Å²) in [5, 5.41) is 4.03. The van der Waals surface area contributed by atoms with E-state index in [4.69, 9.17) is 4.74 Å². The number of halogens is 1. The summed E-state index contributed by atoms with van der Waals surface area (Å²) in [5.74, 6) is -0.0470. The maximum Gasteiger partial charge on any atom is 0.413 e. The number of ether oxygens (including phenoxy) is 1. The number of nitrogens with zero attached hydrogens (tertiary/aromatic N) is 4. The number of rotatable bonds is 8. The monoisotopic (exact) mass is 611 g/mol. The third kappa shape index (κ3) is 6.96. The van der Waals surface area contributed by atoms with Crippen LogP contribution >= 0.6 is 0 Å². The van der Waals surface area contributed by atoms with Crippen LogP contribution in [0.3, 0.4) is 0 Å². The van der Waals surface area contributed by atoms with Crippen molar-refractivity contribution in [2.24, 2.45) is 0 Å². The van der Waals surface area contributed by atoms with E-state index in [1.807, 2.05) is 49.4 Å². The van der Waals surface area contributed by atoms with Crippen LogP contribution in [0.25, 0.3) is 16.5 Å². The molecule has 2 fully saturated rings. The SMILES string of the molecule is CC[C@H](NC(=O)Oc1c(CN2CCN(C3CCN(C)CC3)CC2)n(-c2ccc(F)cc2)c(=O)c2ccccc12)c1ccccc1. The van der Waals surface area contributed by atoms with Crippen LogP contribution in [0.4, 0.5) is 9.18 Å². The molecule has 0 saturated carbocycles. The second-order valence-corrected chi connectivity index (χ2v) is 12.2. The van der Waals surface area contributed by atoms with Gasteiger partial charge in [0, 0.05) is 49.8 Å². The number of hydrogen-bond donors (Lipinski definition) is 1. The van der Waals surface area contributed by atoms with Crippen LogP contribution in [0.15, 0.2) is 83.7 Å². The molecular weight excluding hydrogens is 569 g/mol. The number of aromatic nitrogens is 1. The number of piperidine rings is 1. The molecule has 3 heterocycles. The van der Waals surface area contributed by atoms with Crippen LogP contribution in [-0.4, -0.2) is 77.7 Å². The zero-order valence-corrected chi connectivity index (χ0v) is 26.1. The molecule has 2 aliphatic rings. The van der Waals surface area contributed by atoms with Crippen molar-refractivity contribution in [3.63, 3.8) is 0 Å². The first kappa shape index (κ1) is 31.0. The average molecular weight is 612 g/mol. The van der Waals surface area contributed by atoms with Gasteiger partial charge in [-0.15, -0.1) is 0 Å². The molecule has 2 aliphatic heterocycles. The fourth-order valence-corrected chi connectivity index (χ4v) is 6.72. The molecule has 0 aliphatic carbocycles. The Morgan fingerprint density at radius 1 is 0.889 bits per heavy atom. The highest BCUT2D eigenvalue weighted by Gasteiger charge is 2.29. The van der Waals surface area contributed by atoms with Crippen molar-refractivity contribution in [1.82, 2.24) is 24.6 Å². The first-order valence-corrected chi connectivity index (χ1v) is 16.0. The van der Waals surface area contributed by atoms with Gasteiger partial charge in [-0.05, 0) is 75.3 Å². The van der Waals surface area contributed by atoms with Crippen LogP contribution in [0.1, 0.15) is 43.5 Å². The second kappa shape index (κ2) is 13.9. The molecule has 236 valence electrons. The highest BCUT2D eigenvalue weighted by molar-refractivity contribution is 5.91. The van der Waals surface area contributed by atoms with Gasteiger partial charge >= 0.3 is 6.09 Å². The summed E-state index contributed by atoms with van der Waals surface area (Å²) >= 11 is 0. The lowest BCUT2D eigenvalue weighted by Crippen LogP contribution is -2.52. The fourth-order valence-electron chi connectivity index (χ4n) is 6.72. The number of benzene rings is 3. The van der Waals surface area contributed by atoms with Crippen molar-refractivity contribution in [2.75, 3.05) is 46.3 Å². The van der Waals surface area contributed by atoms with Gasteiger partial charge in [-0.1, -0.05) is 55.5 Å². The zero-order valence-electron chi connectivity index (χ0n) is 26.1. The van der Waals surface area contributed by atoms with Gasteiger partial charge < -0.3 is 15.0 Å². The summed E-state index contributed by atoms with van der Waals surface area (Å²) in [6.07, 6.45) is 2.46. The van der Waals surface area contributed by atoms with Crippen molar-refractivity contribution in [3.8, 4) is 11.4 Å². The smallest absolute Gasteiger partial charge is 0.408 e. The predicted molar refractivity (Wildman–Crippen MR) is 176 cm³/mol.